The third-order valence-electron chi connectivity index (χ3n) is 4.72. The number of benzene rings is 1. The zero-order valence-corrected chi connectivity index (χ0v) is 16.5. The summed E-state index contributed by atoms with van der Waals surface area (Å²) in [7, 11) is 0. The molecule has 1 fully saturated rings. The zero-order chi connectivity index (χ0) is 18.7. The van der Waals surface area contributed by atoms with Crippen molar-refractivity contribution in [3.05, 3.63) is 46.6 Å². The molecule has 142 valence electrons. The van der Waals surface area contributed by atoms with Crippen LogP contribution in [0.2, 0.25) is 5.02 Å². The molecule has 1 aromatic carbocycles. The van der Waals surface area contributed by atoms with Crippen molar-refractivity contribution in [3.63, 3.8) is 0 Å². The lowest BCUT2D eigenvalue weighted by Gasteiger charge is -2.45. The summed E-state index contributed by atoms with van der Waals surface area (Å²) < 4.78 is 17.1. The average Bonchev–Trinajstić information content (AvgIpc) is 3.06. The van der Waals surface area contributed by atoms with Crippen LogP contribution in [-0.4, -0.2) is 40.3 Å². The molecule has 0 bridgehead atoms. The van der Waals surface area contributed by atoms with Crippen molar-refractivity contribution in [2.75, 3.05) is 19.8 Å². The zero-order valence-electron chi connectivity index (χ0n) is 15.7. The highest BCUT2D eigenvalue weighted by atomic mass is 35.5. The minimum atomic E-state index is -0.175. The summed E-state index contributed by atoms with van der Waals surface area (Å²) in [6, 6.07) is 7.81. The van der Waals surface area contributed by atoms with Crippen LogP contribution in [0.5, 0.6) is 0 Å². The molecule has 7 heteroatoms. The van der Waals surface area contributed by atoms with Gasteiger partial charge in [-0.3, -0.25) is 4.90 Å². The molecule has 1 aromatic heterocycles. The monoisotopic (exact) mass is 379 g/mol. The van der Waals surface area contributed by atoms with E-state index in [1.54, 1.807) is 0 Å². The molecule has 0 radical (unpaired) electrons. The lowest BCUT2D eigenvalue weighted by atomic mass is 9.98. The lowest BCUT2D eigenvalue weighted by molar-refractivity contribution is -0.107. The molecular weight excluding hydrogens is 354 g/mol. The van der Waals surface area contributed by atoms with Gasteiger partial charge in [0.2, 0.25) is 5.89 Å². The van der Waals surface area contributed by atoms with Gasteiger partial charge < -0.3 is 14.0 Å². The Kier molecular flexibility index (Phi) is 5.97. The van der Waals surface area contributed by atoms with Gasteiger partial charge in [-0.05, 0) is 33.8 Å². The quantitative estimate of drug-likeness (QED) is 0.750. The Morgan fingerprint density at radius 1 is 1.38 bits per heavy atom. The topological polar surface area (TPSA) is 60.6 Å². The number of halogens is 1. The summed E-state index contributed by atoms with van der Waals surface area (Å²) in [5.74, 6) is 1.16. The second-order valence-corrected chi connectivity index (χ2v) is 7.57. The van der Waals surface area contributed by atoms with Gasteiger partial charge in [-0.25, -0.2) is 0 Å². The Morgan fingerprint density at radius 2 is 2.15 bits per heavy atom. The fraction of sp³-hybridized carbons (Fsp3) is 0.579. The van der Waals surface area contributed by atoms with Gasteiger partial charge in [0.15, 0.2) is 5.82 Å². The van der Waals surface area contributed by atoms with Gasteiger partial charge in [-0.15, -0.1) is 0 Å². The molecule has 3 rings (SSSR count). The summed E-state index contributed by atoms with van der Waals surface area (Å²) in [6.45, 7) is 10.6. The molecule has 2 heterocycles. The molecule has 1 aliphatic rings. The van der Waals surface area contributed by atoms with Crippen LogP contribution >= 0.6 is 11.6 Å². The van der Waals surface area contributed by atoms with E-state index in [0.717, 1.165) is 10.6 Å². The first kappa shape index (κ1) is 19.3. The van der Waals surface area contributed by atoms with Crippen LogP contribution in [-0.2, 0) is 16.0 Å². The Balaban J connectivity index is 1.73. The molecule has 0 aliphatic carbocycles. The number of ether oxygens (including phenoxy) is 2. The van der Waals surface area contributed by atoms with Gasteiger partial charge in [0.05, 0.1) is 19.3 Å². The van der Waals surface area contributed by atoms with Crippen LogP contribution in [0.25, 0.3) is 0 Å². The SMILES string of the molecule is CCO[C@@H](C)c1noc(CN2C[C@@H](c3ccccc3Cl)OCC2(C)C)n1. The highest BCUT2D eigenvalue weighted by Crippen LogP contribution is 2.34. The first-order valence-electron chi connectivity index (χ1n) is 8.96. The highest BCUT2D eigenvalue weighted by molar-refractivity contribution is 6.31. The maximum atomic E-state index is 6.35. The van der Waals surface area contributed by atoms with Gasteiger partial charge in [0, 0.05) is 29.3 Å². The number of morpholine rings is 1. The maximum Gasteiger partial charge on any atom is 0.240 e. The van der Waals surface area contributed by atoms with Crippen molar-refractivity contribution in [3.8, 4) is 0 Å². The molecule has 0 saturated carbocycles. The van der Waals surface area contributed by atoms with E-state index >= 15 is 0 Å². The van der Waals surface area contributed by atoms with E-state index in [1.807, 2.05) is 38.1 Å². The standard InChI is InChI=1S/C19H26ClN3O3/c1-5-24-13(2)18-21-17(26-22-18)11-23-10-16(25-12-19(23,3)4)14-8-6-7-9-15(14)20/h6-9,13,16H,5,10-12H2,1-4H3/t13-,16-/m0/s1. The van der Waals surface area contributed by atoms with Crippen LogP contribution in [0, 0.1) is 0 Å². The Morgan fingerprint density at radius 3 is 2.88 bits per heavy atom. The largest absolute Gasteiger partial charge is 0.371 e. The van der Waals surface area contributed by atoms with Gasteiger partial charge in [0.1, 0.15) is 6.10 Å². The molecule has 0 N–H and O–H groups in total. The van der Waals surface area contributed by atoms with E-state index in [4.69, 9.17) is 25.6 Å². The van der Waals surface area contributed by atoms with E-state index in [2.05, 4.69) is 28.9 Å². The molecule has 0 spiro atoms. The molecule has 0 amide bonds. The van der Waals surface area contributed by atoms with E-state index in [1.165, 1.54) is 0 Å². The normalized spacial score (nSPS) is 21.7. The van der Waals surface area contributed by atoms with Crippen molar-refractivity contribution in [1.29, 1.82) is 0 Å². The number of hydrogen-bond donors (Lipinski definition) is 0. The molecular formula is C19H26ClN3O3. The van der Waals surface area contributed by atoms with Crippen molar-refractivity contribution in [2.24, 2.45) is 0 Å². The third kappa shape index (κ3) is 4.26. The Labute approximate surface area is 159 Å². The molecule has 2 atom stereocenters. The lowest BCUT2D eigenvalue weighted by Crippen LogP contribution is -2.53. The number of rotatable bonds is 6. The highest BCUT2D eigenvalue weighted by Gasteiger charge is 2.37. The molecule has 6 nitrogen and oxygen atoms in total. The summed E-state index contributed by atoms with van der Waals surface area (Å²) in [6.07, 6.45) is -0.257. The molecule has 1 saturated heterocycles. The number of aromatic nitrogens is 2. The Hall–Kier alpha value is -1.47. The molecule has 2 aromatic rings. The average molecular weight is 380 g/mol. The predicted octanol–water partition coefficient (Wildman–Crippen LogP) is 4.17. The summed E-state index contributed by atoms with van der Waals surface area (Å²) in [5, 5.41) is 4.77. The van der Waals surface area contributed by atoms with Crippen LogP contribution in [0.3, 0.4) is 0 Å². The van der Waals surface area contributed by atoms with Gasteiger partial charge in [-0.2, -0.15) is 4.98 Å². The van der Waals surface area contributed by atoms with Crippen LogP contribution in [0.4, 0.5) is 0 Å². The van der Waals surface area contributed by atoms with Crippen LogP contribution in [0.1, 0.15) is 57.2 Å². The molecule has 26 heavy (non-hydrogen) atoms. The van der Waals surface area contributed by atoms with E-state index < -0.39 is 0 Å². The minimum Gasteiger partial charge on any atom is -0.371 e. The van der Waals surface area contributed by atoms with E-state index in [0.29, 0.717) is 38.0 Å². The first-order chi connectivity index (χ1) is 12.4. The van der Waals surface area contributed by atoms with Gasteiger partial charge in [0.25, 0.3) is 0 Å². The van der Waals surface area contributed by atoms with Gasteiger partial charge in [-0.1, -0.05) is 35.0 Å². The van der Waals surface area contributed by atoms with Gasteiger partial charge >= 0.3 is 0 Å². The summed E-state index contributed by atoms with van der Waals surface area (Å²) >= 11 is 6.35. The second kappa shape index (κ2) is 8.05. The third-order valence-corrected chi connectivity index (χ3v) is 5.07. The Bertz CT molecular complexity index is 734. The smallest absolute Gasteiger partial charge is 0.240 e. The fourth-order valence-electron chi connectivity index (χ4n) is 3.08. The predicted molar refractivity (Wildman–Crippen MR) is 99.0 cm³/mol. The minimum absolute atomic E-state index is 0.0820. The molecule has 0 unspecified atom stereocenters. The molecule has 1 aliphatic heterocycles. The summed E-state index contributed by atoms with van der Waals surface area (Å²) in [4.78, 5) is 6.79. The van der Waals surface area contributed by atoms with Crippen LogP contribution in [0.15, 0.2) is 28.8 Å². The maximum absolute atomic E-state index is 6.35. The summed E-state index contributed by atoms with van der Waals surface area (Å²) in [5.41, 5.74) is 0.864. The first-order valence-corrected chi connectivity index (χ1v) is 9.33. The van der Waals surface area contributed by atoms with Crippen molar-refractivity contribution >= 4 is 11.6 Å². The second-order valence-electron chi connectivity index (χ2n) is 7.16. The van der Waals surface area contributed by atoms with Crippen molar-refractivity contribution in [2.45, 2.75) is 52.0 Å². The number of nitrogens with zero attached hydrogens (tertiary/aromatic N) is 3. The fourth-order valence-corrected chi connectivity index (χ4v) is 3.34. The van der Waals surface area contributed by atoms with Crippen LogP contribution < -0.4 is 0 Å². The number of hydrogen-bond acceptors (Lipinski definition) is 6. The van der Waals surface area contributed by atoms with E-state index in [9.17, 15) is 0 Å². The van der Waals surface area contributed by atoms with Crippen molar-refractivity contribution in [1.82, 2.24) is 15.0 Å². The van der Waals surface area contributed by atoms with Crippen molar-refractivity contribution < 1.29 is 14.0 Å². The van der Waals surface area contributed by atoms with E-state index in [-0.39, 0.29) is 17.7 Å².